The molecule has 2 rings (SSSR count). The molecule has 3 heteroatoms. The van der Waals surface area contributed by atoms with E-state index in [2.05, 4.69) is 58.4 Å². The Balaban J connectivity index is 2.32. The minimum atomic E-state index is 0.589. The highest BCUT2D eigenvalue weighted by Gasteiger charge is 2.05. The fourth-order valence-electron chi connectivity index (χ4n) is 1.75. The van der Waals surface area contributed by atoms with Crippen LogP contribution in [0.3, 0.4) is 0 Å². The Bertz CT molecular complexity index is 516. The van der Waals surface area contributed by atoms with E-state index in [1.807, 2.05) is 0 Å². The standard InChI is InChI=1S/C13H14BrNO/c1-3-6-16-9-12-7-10-4-5-11(14)8-13(10)15(12)2/h3-5,7-8H,1,6,9H2,2H3. The number of aromatic nitrogens is 1. The molecule has 84 valence electrons. The molecule has 0 aliphatic heterocycles. The summed E-state index contributed by atoms with van der Waals surface area (Å²) in [7, 11) is 2.06. The van der Waals surface area contributed by atoms with E-state index in [1.165, 1.54) is 16.6 Å². The first kappa shape index (κ1) is 11.4. The molecule has 0 spiro atoms. The molecule has 2 aromatic rings. The van der Waals surface area contributed by atoms with Gasteiger partial charge >= 0.3 is 0 Å². The Morgan fingerprint density at radius 1 is 1.44 bits per heavy atom. The van der Waals surface area contributed by atoms with Gasteiger partial charge in [-0.1, -0.05) is 28.1 Å². The molecule has 0 fully saturated rings. The molecule has 2 nitrogen and oxygen atoms in total. The van der Waals surface area contributed by atoms with Crippen molar-refractivity contribution in [2.75, 3.05) is 6.61 Å². The summed E-state index contributed by atoms with van der Waals surface area (Å²) in [5, 5.41) is 1.24. The van der Waals surface area contributed by atoms with Crippen molar-refractivity contribution >= 4 is 26.8 Å². The summed E-state index contributed by atoms with van der Waals surface area (Å²) in [5.74, 6) is 0. The first-order chi connectivity index (χ1) is 7.72. The fraction of sp³-hybridized carbons (Fsp3) is 0.231. The SMILES string of the molecule is C=CCOCc1cc2ccc(Br)cc2n1C. The lowest BCUT2D eigenvalue weighted by molar-refractivity contribution is 0.144. The largest absolute Gasteiger partial charge is 0.371 e. The molecule has 1 heterocycles. The predicted molar refractivity (Wildman–Crippen MR) is 70.5 cm³/mol. The van der Waals surface area contributed by atoms with Crippen molar-refractivity contribution in [1.82, 2.24) is 4.57 Å². The van der Waals surface area contributed by atoms with Gasteiger partial charge in [-0.15, -0.1) is 6.58 Å². The molecule has 0 N–H and O–H groups in total. The number of benzene rings is 1. The molecular formula is C13H14BrNO. The minimum Gasteiger partial charge on any atom is -0.371 e. The van der Waals surface area contributed by atoms with Crippen LogP contribution in [0.1, 0.15) is 5.69 Å². The monoisotopic (exact) mass is 279 g/mol. The summed E-state index contributed by atoms with van der Waals surface area (Å²) in [5.41, 5.74) is 2.39. The number of hydrogen-bond donors (Lipinski definition) is 0. The summed E-state index contributed by atoms with van der Waals surface area (Å²) in [4.78, 5) is 0. The Kier molecular flexibility index (Phi) is 3.46. The molecule has 1 aromatic carbocycles. The zero-order valence-electron chi connectivity index (χ0n) is 9.24. The van der Waals surface area contributed by atoms with Crippen molar-refractivity contribution in [3.63, 3.8) is 0 Å². The lowest BCUT2D eigenvalue weighted by atomic mass is 10.2. The van der Waals surface area contributed by atoms with Crippen molar-refractivity contribution in [3.05, 3.63) is 47.1 Å². The second-order valence-corrected chi connectivity index (χ2v) is 4.62. The summed E-state index contributed by atoms with van der Waals surface area (Å²) in [6, 6.07) is 8.43. The molecular weight excluding hydrogens is 266 g/mol. The van der Waals surface area contributed by atoms with Gasteiger partial charge in [0.1, 0.15) is 0 Å². The molecule has 0 aliphatic rings. The molecule has 1 aromatic heterocycles. The topological polar surface area (TPSA) is 14.2 Å². The van der Waals surface area contributed by atoms with Crippen molar-refractivity contribution < 1.29 is 4.74 Å². The molecule has 0 amide bonds. The van der Waals surface area contributed by atoms with E-state index in [0.717, 1.165) is 4.47 Å². The smallest absolute Gasteiger partial charge is 0.0872 e. The van der Waals surface area contributed by atoms with E-state index in [9.17, 15) is 0 Å². The van der Waals surface area contributed by atoms with Gasteiger partial charge in [0.25, 0.3) is 0 Å². The highest BCUT2D eigenvalue weighted by Crippen LogP contribution is 2.23. The number of hydrogen-bond acceptors (Lipinski definition) is 1. The van der Waals surface area contributed by atoms with Gasteiger partial charge in [-0.2, -0.15) is 0 Å². The number of rotatable bonds is 4. The van der Waals surface area contributed by atoms with Gasteiger partial charge < -0.3 is 9.30 Å². The van der Waals surface area contributed by atoms with Crippen LogP contribution in [-0.4, -0.2) is 11.2 Å². The van der Waals surface area contributed by atoms with E-state index in [-0.39, 0.29) is 0 Å². The minimum absolute atomic E-state index is 0.589. The number of fused-ring (bicyclic) bond motifs is 1. The van der Waals surface area contributed by atoms with Gasteiger partial charge in [-0.05, 0) is 18.2 Å². The maximum absolute atomic E-state index is 5.46. The van der Waals surface area contributed by atoms with Crippen LogP contribution in [0.4, 0.5) is 0 Å². The van der Waals surface area contributed by atoms with Crippen LogP contribution in [0.5, 0.6) is 0 Å². The van der Waals surface area contributed by atoms with Crippen LogP contribution in [0.25, 0.3) is 10.9 Å². The Morgan fingerprint density at radius 3 is 3.00 bits per heavy atom. The Morgan fingerprint density at radius 2 is 2.25 bits per heavy atom. The molecule has 0 radical (unpaired) electrons. The summed E-state index contributed by atoms with van der Waals surface area (Å²) < 4.78 is 8.71. The zero-order chi connectivity index (χ0) is 11.5. The first-order valence-electron chi connectivity index (χ1n) is 5.15. The predicted octanol–water partition coefficient (Wildman–Crippen LogP) is 3.64. The second kappa shape index (κ2) is 4.85. The van der Waals surface area contributed by atoms with Crippen LogP contribution < -0.4 is 0 Å². The Labute approximate surface area is 104 Å². The van der Waals surface area contributed by atoms with Crippen LogP contribution >= 0.6 is 15.9 Å². The van der Waals surface area contributed by atoms with E-state index in [4.69, 9.17) is 4.74 Å². The van der Waals surface area contributed by atoms with Gasteiger partial charge in [-0.3, -0.25) is 0 Å². The lowest BCUT2D eigenvalue weighted by Crippen LogP contribution is -1.99. The maximum Gasteiger partial charge on any atom is 0.0872 e. The molecule has 0 aliphatic carbocycles. The molecule has 0 saturated heterocycles. The molecule has 16 heavy (non-hydrogen) atoms. The first-order valence-corrected chi connectivity index (χ1v) is 5.94. The Hall–Kier alpha value is -1.06. The van der Waals surface area contributed by atoms with Crippen molar-refractivity contribution in [2.45, 2.75) is 6.61 Å². The quantitative estimate of drug-likeness (QED) is 0.616. The maximum atomic E-state index is 5.46. The van der Waals surface area contributed by atoms with Crippen LogP contribution in [0.15, 0.2) is 41.4 Å². The van der Waals surface area contributed by atoms with E-state index >= 15 is 0 Å². The van der Waals surface area contributed by atoms with Gasteiger partial charge in [0, 0.05) is 28.1 Å². The average molecular weight is 280 g/mol. The van der Waals surface area contributed by atoms with Crippen LogP contribution in [0, 0.1) is 0 Å². The average Bonchev–Trinajstić information content (AvgIpc) is 2.57. The molecule has 0 bridgehead atoms. The molecule has 0 unspecified atom stereocenters. The summed E-state index contributed by atoms with van der Waals surface area (Å²) in [6.45, 7) is 4.84. The summed E-state index contributed by atoms with van der Waals surface area (Å²) in [6.07, 6.45) is 1.76. The van der Waals surface area contributed by atoms with Gasteiger partial charge in [0.2, 0.25) is 0 Å². The second-order valence-electron chi connectivity index (χ2n) is 3.70. The van der Waals surface area contributed by atoms with Crippen LogP contribution in [-0.2, 0) is 18.4 Å². The van der Waals surface area contributed by atoms with Crippen molar-refractivity contribution in [3.8, 4) is 0 Å². The molecule has 0 saturated carbocycles. The van der Waals surface area contributed by atoms with E-state index in [1.54, 1.807) is 6.08 Å². The molecule has 0 atom stereocenters. The number of ether oxygens (including phenoxy) is 1. The number of aryl methyl sites for hydroxylation is 1. The highest BCUT2D eigenvalue weighted by molar-refractivity contribution is 9.10. The zero-order valence-corrected chi connectivity index (χ0v) is 10.8. The van der Waals surface area contributed by atoms with Crippen LogP contribution in [0.2, 0.25) is 0 Å². The van der Waals surface area contributed by atoms with Crippen molar-refractivity contribution in [1.29, 1.82) is 0 Å². The van der Waals surface area contributed by atoms with Gasteiger partial charge in [0.05, 0.1) is 13.2 Å². The van der Waals surface area contributed by atoms with Crippen molar-refractivity contribution in [2.24, 2.45) is 7.05 Å². The third kappa shape index (κ3) is 2.20. The fourth-order valence-corrected chi connectivity index (χ4v) is 2.09. The highest BCUT2D eigenvalue weighted by atomic mass is 79.9. The van der Waals surface area contributed by atoms with Gasteiger partial charge in [0.15, 0.2) is 0 Å². The summed E-state index contributed by atoms with van der Waals surface area (Å²) >= 11 is 3.48. The number of halogens is 1. The normalized spacial score (nSPS) is 10.9. The van der Waals surface area contributed by atoms with E-state index in [0.29, 0.717) is 13.2 Å². The lowest BCUT2D eigenvalue weighted by Gasteiger charge is -2.04. The third-order valence-corrected chi connectivity index (χ3v) is 3.09. The third-order valence-electron chi connectivity index (χ3n) is 2.59. The number of nitrogens with zero attached hydrogens (tertiary/aromatic N) is 1. The van der Waals surface area contributed by atoms with Gasteiger partial charge in [-0.25, -0.2) is 0 Å². The van der Waals surface area contributed by atoms with E-state index < -0.39 is 0 Å².